The van der Waals surface area contributed by atoms with E-state index in [0.29, 0.717) is 31.4 Å². The first-order valence-electron chi connectivity index (χ1n) is 14.7. The minimum atomic E-state index is -1.33. The molecule has 252 valence electrons. The second-order valence-corrected chi connectivity index (χ2v) is 11.1. The summed E-state index contributed by atoms with van der Waals surface area (Å²) in [5.41, 5.74) is 12.0. The maximum absolute atomic E-state index is 13.3. The molecular formula is C29H46N6O9S. The molecule has 1 aromatic rings. The summed E-state index contributed by atoms with van der Waals surface area (Å²) in [6.45, 7) is 3.94. The zero-order chi connectivity index (χ0) is 34.1. The normalized spacial score (nSPS) is 15.0. The number of rotatable bonds is 21. The number of thiol groups is 1. The van der Waals surface area contributed by atoms with Crippen LogP contribution in [0.1, 0.15) is 57.9 Å². The molecule has 0 aliphatic carbocycles. The van der Waals surface area contributed by atoms with Crippen LogP contribution < -0.4 is 32.7 Å². The molecule has 0 fully saturated rings. The molecule has 1 rings (SSSR count). The van der Waals surface area contributed by atoms with Crippen LogP contribution in [0.5, 0.6) is 5.75 Å². The molecular weight excluding hydrogens is 608 g/mol. The van der Waals surface area contributed by atoms with Crippen molar-refractivity contribution in [3.05, 3.63) is 29.8 Å². The zero-order valence-corrected chi connectivity index (χ0v) is 26.4. The van der Waals surface area contributed by atoms with Gasteiger partial charge in [0.05, 0.1) is 6.04 Å². The van der Waals surface area contributed by atoms with Gasteiger partial charge < -0.3 is 48.1 Å². The number of carbonyl (C=O) groups is 6. The second-order valence-electron chi connectivity index (χ2n) is 10.8. The van der Waals surface area contributed by atoms with Gasteiger partial charge in [-0.25, -0.2) is 4.79 Å². The van der Waals surface area contributed by atoms with Crippen LogP contribution in [-0.4, -0.2) is 93.4 Å². The average Bonchev–Trinajstić information content (AvgIpc) is 3.00. The van der Waals surface area contributed by atoms with E-state index in [0.717, 1.165) is 0 Å². The third-order valence-corrected chi connectivity index (χ3v) is 7.59. The summed E-state index contributed by atoms with van der Waals surface area (Å²) in [4.78, 5) is 75.4. The van der Waals surface area contributed by atoms with E-state index in [1.165, 1.54) is 24.3 Å². The number of carboxylic acids is 2. The Labute approximate surface area is 267 Å². The number of aliphatic carboxylic acids is 2. The number of aromatic hydroxyl groups is 1. The molecule has 0 aliphatic rings. The Morgan fingerprint density at radius 3 is 1.87 bits per heavy atom. The smallest absolute Gasteiger partial charge is 0.326 e. The van der Waals surface area contributed by atoms with Crippen LogP contribution in [0.3, 0.4) is 0 Å². The number of amides is 4. The Balaban J connectivity index is 3.16. The molecule has 4 amide bonds. The van der Waals surface area contributed by atoms with Crippen LogP contribution in [0.25, 0.3) is 0 Å². The van der Waals surface area contributed by atoms with Gasteiger partial charge in [-0.3, -0.25) is 24.0 Å². The highest BCUT2D eigenvalue weighted by Gasteiger charge is 2.32. The summed E-state index contributed by atoms with van der Waals surface area (Å²) in [7, 11) is 0. The maximum atomic E-state index is 13.3. The summed E-state index contributed by atoms with van der Waals surface area (Å²) < 4.78 is 0. The van der Waals surface area contributed by atoms with Crippen molar-refractivity contribution in [2.75, 3.05) is 12.3 Å². The van der Waals surface area contributed by atoms with Crippen molar-refractivity contribution >= 4 is 48.2 Å². The van der Waals surface area contributed by atoms with E-state index in [9.17, 15) is 39.0 Å². The van der Waals surface area contributed by atoms with Gasteiger partial charge in [0.2, 0.25) is 23.6 Å². The summed E-state index contributed by atoms with van der Waals surface area (Å²) >= 11 is 4.15. The molecule has 0 saturated carbocycles. The number of benzene rings is 1. The molecule has 0 spiro atoms. The Morgan fingerprint density at radius 2 is 1.33 bits per heavy atom. The molecule has 0 aromatic heterocycles. The highest BCUT2D eigenvalue weighted by Crippen LogP contribution is 2.13. The predicted octanol–water partition coefficient (Wildman–Crippen LogP) is -0.744. The van der Waals surface area contributed by atoms with Crippen LogP contribution in [-0.2, 0) is 35.2 Å². The van der Waals surface area contributed by atoms with Crippen molar-refractivity contribution in [2.24, 2.45) is 17.4 Å². The number of nitrogens with two attached hydrogens (primary N) is 2. The Kier molecular flexibility index (Phi) is 17.6. The van der Waals surface area contributed by atoms with E-state index < -0.39 is 72.2 Å². The number of hydrogen-bond acceptors (Lipinski definition) is 10. The first-order valence-corrected chi connectivity index (χ1v) is 15.4. The Bertz CT molecular complexity index is 1150. The van der Waals surface area contributed by atoms with Crippen LogP contribution in [0.2, 0.25) is 0 Å². The van der Waals surface area contributed by atoms with Gasteiger partial charge in [-0.15, -0.1) is 0 Å². The van der Waals surface area contributed by atoms with E-state index in [1.54, 1.807) is 6.92 Å². The summed E-state index contributed by atoms with van der Waals surface area (Å²) in [6.07, 6.45) is 0.852. The molecule has 0 saturated heterocycles. The molecule has 0 unspecified atom stereocenters. The number of carbonyl (C=O) groups excluding carboxylic acids is 4. The van der Waals surface area contributed by atoms with Gasteiger partial charge >= 0.3 is 11.9 Å². The quantitative estimate of drug-likeness (QED) is 0.0582. The number of hydrogen-bond donors (Lipinski definition) is 10. The topological polar surface area (TPSA) is 263 Å². The van der Waals surface area contributed by atoms with Gasteiger partial charge in [0, 0.05) is 18.6 Å². The van der Waals surface area contributed by atoms with Crippen LogP contribution in [0.15, 0.2) is 24.3 Å². The fourth-order valence-corrected chi connectivity index (χ4v) is 4.41. The van der Waals surface area contributed by atoms with E-state index in [-0.39, 0.29) is 36.7 Å². The molecule has 0 bridgehead atoms. The molecule has 6 atom stereocenters. The molecule has 0 radical (unpaired) electrons. The van der Waals surface area contributed by atoms with E-state index in [1.807, 2.05) is 6.92 Å². The van der Waals surface area contributed by atoms with Crippen molar-refractivity contribution in [1.29, 1.82) is 0 Å². The Hall–Kier alpha value is -3.89. The SMILES string of the molecule is CC[C@H](C)[C@H](N)C(=O)N[C@@H](CCC(=O)O)C(=O)N[C@@H](CS)C(=O)N[C@@H](Cc1ccc(O)cc1)C(=O)N[C@@H](CCCCN)C(=O)O. The number of nitrogens with one attached hydrogen (secondary N) is 4. The summed E-state index contributed by atoms with van der Waals surface area (Å²) in [5, 5.41) is 38.2. The largest absolute Gasteiger partial charge is 0.508 e. The molecule has 0 aliphatic heterocycles. The van der Waals surface area contributed by atoms with E-state index in [2.05, 4.69) is 33.9 Å². The fourth-order valence-electron chi connectivity index (χ4n) is 4.16. The van der Waals surface area contributed by atoms with Gasteiger partial charge in [-0.05, 0) is 55.8 Å². The molecule has 0 heterocycles. The first-order chi connectivity index (χ1) is 21.2. The highest BCUT2D eigenvalue weighted by molar-refractivity contribution is 7.80. The van der Waals surface area contributed by atoms with E-state index >= 15 is 0 Å². The highest BCUT2D eigenvalue weighted by atomic mass is 32.1. The number of phenols is 1. The van der Waals surface area contributed by atoms with Crippen LogP contribution >= 0.6 is 12.6 Å². The van der Waals surface area contributed by atoms with Gasteiger partial charge in [-0.2, -0.15) is 12.6 Å². The lowest BCUT2D eigenvalue weighted by Crippen LogP contribution is -2.59. The standard InChI is InChI=1S/C29H46N6O9S/c1-3-16(2)24(31)28(42)32-19(11-12-23(37)38)25(39)35-22(15-45)27(41)34-21(14-17-7-9-18(36)10-8-17)26(40)33-20(29(43)44)6-4-5-13-30/h7-10,16,19-22,24,36,45H,3-6,11-15,30-31H2,1-2H3,(H,32,42)(H,33,40)(H,34,41)(H,35,39)(H,37,38)(H,43,44)/t16-,19-,20-,21-,22-,24-/m0/s1. The lowest BCUT2D eigenvalue weighted by molar-refractivity contribution is -0.142. The van der Waals surface area contributed by atoms with Crippen LogP contribution in [0.4, 0.5) is 0 Å². The third-order valence-electron chi connectivity index (χ3n) is 7.23. The molecule has 15 nitrogen and oxygen atoms in total. The first kappa shape index (κ1) is 39.1. The minimum Gasteiger partial charge on any atom is -0.508 e. The van der Waals surface area contributed by atoms with Gasteiger partial charge in [0.15, 0.2) is 0 Å². The molecule has 1 aromatic carbocycles. The number of carboxylic acid groups (broad SMARTS) is 2. The second kappa shape index (κ2) is 20.2. The summed E-state index contributed by atoms with van der Waals surface area (Å²) in [5.74, 6) is -6.12. The van der Waals surface area contributed by atoms with Crippen molar-refractivity contribution in [1.82, 2.24) is 21.3 Å². The van der Waals surface area contributed by atoms with Gasteiger partial charge in [0.25, 0.3) is 0 Å². The lowest BCUT2D eigenvalue weighted by Gasteiger charge is -2.26. The number of unbranched alkanes of at least 4 members (excludes halogenated alkanes) is 1. The van der Waals surface area contributed by atoms with Crippen molar-refractivity contribution in [3.63, 3.8) is 0 Å². The predicted molar refractivity (Wildman–Crippen MR) is 168 cm³/mol. The molecule has 16 heteroatoms. The van der Waals surface area contributed by atoms with Crippen molar-refractivity contribution in [2.45, 2.75) is 89.0 Å². The Morgan fingerprint density at radius 1 is 0.800 bits per heavy atom. The molecule has 45 heavy (non-hydrogen) atoms. The van der Waals surface area contributed by atoms with Crippen molar-refractivity contribution in [3.8, 4) is 5.75 Å². The average molecular weight is 655 g/mol. The number of phenolic OH excluding ortho intramolecular Hbond substituents is 1. The van der Waals surface area contributed by atoms with E-state index in [4.69, 9.17) is 16.6 Å². The minimum absolute atomic E-state index is 0.0258. The monoisotopic (exact) mass is 654 g/mol. The maximum Gasteiger partial charge on any atom is 0.326 e. The fraction of sp³-hybridized carbons (Fsp3) is 0.586. The summed E-state index contributed by atoms with van der Waals surface area (Å²) in [6, 6.07) is -0.350. The molecule has 11 N–H and O–H groups in total. The van der Waals surface area contributed by atoms with Gasteiger partial charge in [0.1, 0.15) is 29.9 Å². The lowest BCUT2D eigenvalue weighted by atomic mass is 9.98. The van der Waals surface area contributed by atoms with Crippen molar-refractivity contribution < 1.29 is 44.1 Å². The zero-order valence-electron chi connectivity index (χ0n) is 25.5. The third kappa shape index (κ3) is 14.2. The van der Waals surface area contributed by atoms with Crippen LogP contribution in [0, 0.1) is 5.92 Å². The van der Waals surface area contributed by atoms with Gasteiger partial charge in [-0.1, -0.05) is 32.4 Å².